The molecule has 2 N–H and O–H groups in total. The molecule has 1 aromatic heterocycles. The molecule has 0 aromatic carbocycles. The third-order valence-corrected chi connectivity index (χ3v) is 8.10. The highest BCUT2D eigenvalue weighted by Gasteiger charge is 2.51. The first-order valence-corrected chi connectivity index (χ1v) is 13.2. The van der Waals surface area contributed by atoms with Crippen LogP contribution in [0.1, 0.15) is 103 Å². The minimum atomic E-state index is 0.0926. The third-order valence-electron chi connectivity index (χ3n) is 8.10. The molecule has 31 heavy (non-hydrogen) atoms. The molecule has 4 aliphatic carbocycles. The predicted octanol–water partition coefficient (Wildman–Crippen LogP) is 6.05. The molecular formula is C26H44N4O. The lowest BCUT2D eigenvalue weighted by Crippen LogP contribution is -2.61. The van der Waals surface area contributed by atoms with E-state index in [1.807, 2.05) is 18.7 Å². The minimum absolute atomic E-state index is 0.0926. The Morgan fingerprint density at radius 1 is 0.839 bits per heavy atom. The first-order valence-electron chi connectivity index (χ1n) is 13.2. The number of nitrogens with one attached hydrogen (secondary N) is 2. The van der Waals surface area contributed by atoms with Crippen molar-refractivity contribution >= 4 is 6.03 Å². The number of unbranched alkanes of at least 4 members (excludes halogenated alkanes) is 9. The van der Waals surface area contributed by atoms with E-state index in [1.165, 1.54) is 96.3 Å². The smallest absolute Gasteiger partial charge is 0.315 e. The molecule has 4 bridgehead atoms. The SMILES string of the molecule is O=C(NCCCCCCCCCCCCn1ccnc1)NC12CC3CC(CC(C3)C1)C2. The van der Waals surface area contributed by atoms with Crippen molar-refractivity contribution in [1.82, 2.24) is 20.2 Å². The Morgan fingerprint density at radius 3 is 1.94 bits per heavy atom. The molecular weight excluding hydrogens is 384 g/mol. The quantitative estimate of drug-likeness (QED) is 0.354. The zero-order valence-corrected chi connectivity index (χ0v) is 19.5. The number of urea groups is 1. The fourth-order valence-corrected chi connectivity index (χ4v) is 7.00. The van der Waals surface area contributed by atoms with Crippen molar-refractivity contribution in [1.29, 1.82) is 0 Å². The van der Waals surface area contributed by atoms with Gasteiger partial charge < -0.3 is 15.2 Å². The summed E-state index contributed by atoms with van der Waals surface area (Å²) in [5.74, 6) is 2.65. The van der Waals surface area contributed by atoms with Gasteiger partial charge in [0.25, 0.3) is 0 Å². The molecule has 4 aliphatic rings. The number of rotatable bonds is 14. The highest BCUT2D eigenvalue weighted by atomic mass is 16.2. The fraction of sp³-hybridized carbons (Fsp3) is 0.846. The summed E-state index contributed by atoms with van der Waals surface area (Å²) in [4.78, 5) is 16.5. The van der Waals surface area contributed by atoms with Crippen LogP contribution in [0.3, 0.4) is 0 Å². The molecule has 4 fully saturated rings. The van der Waals surface area contributed by atoms with Crippen molar-refractivity contribution in [2.24, 2.45) is 17.8 Å². The summed E-state index contributed by atoms with van der Waals surface area (Å²) in [6.45, 7) is 1.93. The van der Waals surface area contributed by atoms with Gasteiger partial charge in [0.1, 0.15) is 0 Å². The largest absolute Gasteiger partial charge is 0.338 e. The van der Waals surface area contributed by atoms with Crippen molar-refractivity contribution in [2.45, 2.75) is 115 Å². The zero-order chi connectivity index (χ0) is 21.4. The average Bonchev–Trinajstić information content (AvgIpc) is 3.23. The first kappa shape index (κ1) is 22.7. The van der Waals surface area contributed by atoms with Crippen molar-refractivity contribution in [3.63, 3.8) is 0 Å². The number of aryl methyl sites for hydroxylation is 1. The highest BCUT2D eigenvalue weighted by molar-refractivity contribution is 5.74. The molecule has 2 amide bonds. The number of amides is 2. The standard InChI is InChI=1S/C26H44N4O/c31-25(29-26-18-22-15-23(19-26)17-24(16-22)20-26)28-11-9-7-5-3-1-2-4-6-8-10-13-30-14-12-27-21-30/h12,14,21-24H,1-11,13,15-20H2,(H2,28,29,31). The molecule has 0 unspecified atom stereocenters. The molecule has 5 nitrogen and oxygen atoms in total. The van der Waals surface area contributed by atoms with Crippen LogP contribution in [-0.4, -0.2) is 27.7 Å². The van der Waals surface area contributed by atoms with E-state index >= 15 is 0 Å². The molecule has 0 aliphatic heterocycles. The van der Waals surface area contributed by atoms with Crippen LogP contribution >= 0.6 is 0 Å². The lowest BCUT2D eigenvalue weighted by Gasteiger charge is -2.56. The van der Waals surface area contributed by atoms with E-state index < -0.39 is 0 Å². The van der Waals surface area contributed by atoms with E-state index in [-0.39, 0.29) is 11.6 Å². The summed E-state index contributed by atoms with van der Waals surface area (Å²) >= 11 is 0. The van der Waals surface area contributed by atoms with Gasteiger partial charge >= 0.3 is 6.03 Å². The van der Waals surface area contributed by atoms with Gasteiger partial charge in [-0.2, -0.15) is 0 Å². The van der Waals surface area contributed by atoms with E-state index in [4.69, 9.17) is 0 Å². The molecule has 0 spiro atoms. The number of imidazole rings is 1. The topological polar surface area (TPSA) is 59.0 Å². The van der Waals surface area contributed by atoms with Crippen LogP contribution in [0.5, 0.6) is 0 Å². The second-order valence-corrected chi connectivity index (χ2v) is 10.9. The predicted molar refractivity (Wildman–Crippen MR) is 126 cm³/mol. The molecule has 0 atom stereocenters. The fourth-order valence-electron chi connectivity index (χ4n) is 7.00. The van der Waals surface area contributed by atoms with Crippen LogP contribution in [-0.2, 0) is 6.54 Å². The number of nitrogens with zero attached hydrogens (tertiary/aromatic N) is 2. The van der Waals surface area contributed by atoms with Crippen molar-refractivity contribution in [3.05, 3.63) is 18.7 Å². The summed E-state index contributed by atoms with van der Waals surface area (Å²) in [7, 11) is 0. The lowest BCUT2D eigenvalue weighted by molar-refractivity contribution is -0.0135. The third kappa shape index (κ3) is 6.98. The Bertz CT molecular complexity index is 621. The minimum Gasteiger partial charge on any atom is -0.338 e. The maximum absolute atomic E-state index is 12.4. The second kappa shape index (κ2) is 11.4. The monoisotopic (exact) mass is 428 g/mol. The molecule has 5 heteroatoms. The average molecular weight is 429 g/mol. The summed E-state index contributed by atoms with van der Waals surface area (Å²) in [6, 6.07) is 0.0926. The Balaban J connectivity index is 0.936. The van der Waals surface area contributed by atoms with Crippen molar-refractivity contribution in [3.8, 4) is 0 Å². The van der Waals surface area contributed by atoms with Crippen LogP contribution in [0.15, 0.2) is 18.7 Å². The van der Waals surface area contributed by atoms with Gasteiger partial charge in [-0.15, -0.1) is 0 Å². The Morgan fingerprint density at radius 2 is 1.39 bits per heavy atom. The number of hydrogen-bond donors (Lipinski definition) is 2. The number of carbonyl (C=O) groups excluding carboxylic acids is 1. The Hall–Kier alpha value is -1.52. The normalized spacial score (nSPS) is 28.7. The van der Waals surface area contributed by atoms with Gasteiger partial charge in [0.15, 0.2) is 0 Å². The second-order valence-electron chi connectivity index (χ2n) is 10.9. The van der Waals surface area contributed by atoms with E-state index in [1.54, 1.807) is 0 Å². The van der Waals surface area contributed by atoms with E-state index in [9.17, 15) is 4.79 Å². The zero-order valence-electron chi connectivity index (χ0n) is 19.5. The first-order chi connectivity index (χ1) is 15.2. The Kier molecular flexibility index (Phi) is 8.32. The van der Waals surface area contributed by atoms with E-state index in [2.05, 4.69) is 20.2 Å². The van der Waals surface area contributed by atoms with Crippen LogP contribution in [0.2, 0.25) is 0 Å². The van der Waals surface area contributed by atoms with Crippen LogP contribution < -0.4 is 10.6 Å². The summed E-state index contributed by atoms with van der Waals surface area (Å²) in [6.07, 6.45) is 26.8. The number of aromatic nitrogens is 2. The van der Waals surface area contributed by atoms with E-state index in [0.717, 1.165) is 37.3 Å². The van der Waals surface area contributed by atoms with Gasteiger partial charge in [-0.1, -0.05) is 51.4 Å². The molecule has 1 heterocycles. The molecule has 0 saturated heterocycles. The summed E-state index contributed by atoms with van der Waals surface area (Å²) in [5, 5.41) is 6.56. The van der Waals surface area contributed by atoms with Gasteiger partial charge in [-0.05, 0) is 69.1 Å². The number of hydrogen-bond acceptors (Lipinski definition) is 2. The maximum atomic E-state index is 12.4. The lowest BCUT2D eigenvalue weighted by atomic mass is 9.53. The van der Waals surface area contributed by atoms with Gasteiger partial charge in [-0.3, -0.25) is 0 Å². The Labute approximate surface area is 189 Å². The van der Waals surface area contributed by atoms with Crippen molar-refractivity contribution < 1.29 is 4.79 Å². The van der Waals surface area contributed by atoms with Gasteiger partial charge in [0, 0.05) is 31.0 Å². The number of carbonyl (C=O) groups is 1. The molecule has 0 radical (unpaired) electrons. The molecule has 5 rings (SSSR count). The van der Waals surface area contributed by atoms with Gasteiger partial charge in [0.05, 0.1) is 6.33 Å². The van der Waals surface area contributed by atoms with Gasteiger partial charge in [-0.25, -0.2) is 9.78 Å². The van der Waals surface area contributed by atoms with Crippen LogP contribution in [0, 0.1) is 17.8 Å². The summed E-state index contributed by atoms with van der Waals surface area (Å²) < 4.78 is 2.17. The van der Waals surface area contributed by atoms with E-state index in [0.29, 0.717) is 0 Å². The molecule has 4 saturated carbocycles. The molecule has 1 aromatic rings. The summed E-state index contributed by atoms with van der Waals surface area (Å²) in [5.41, 5.74) is 0.137. The van der Waals surface area contributed by atoms with Crippen LogP contribution in [0.4, 0.5) is 4.79 Å². The molecule has 174 valence electrons. The van der Waals surface area contributed by atoms with Gasteiger partial charge in [0.2, 0.25) is 0 Å². The highest BCUT2D eigenvalue weighted by Crippen LogP contribution is 2.55. The van der Waals surface area contributed by atoms with Crippen LogP contribution in [0.25, 0.3) is 0 Å². The van der Waals surface area contributed by atoms with Crippen molar-refractivity contribution in [2.75, 3.05) is 6.54 Å². The maximum Gasteiger partial charge on any atom is 0.315 e.